The van der Waals surface area contributed by atoms with Crippen molar-refractivity contribution in [1.82, 2.24) is 5.32 Å². The van der Waals surface area contributed by atoms with Crippen molar-refractivity contribution in [3.8, 4) is 0 Å². The molecule has 1 aliphatic carbocycles. The molecular weight excluding hydrogens is 202 g/mol. The van der Waals surface area contributed by atoms with Crippen LogP contribution in [0.2, 0.25) is 0 Å². The molecule has 0 spiro atoms. The van der Waals surface area contributed by atoms with E-state index in [1.165, 1.54) is 19.3 Å². The van der Waals surface area contributed by atoms with E-state index in [2.05, 4.69) is 19.2 Å². The fraction of sp³-hybridized carbons (Fsp3) is 0.923. The summed E-state index contributed by atoms with van der Waals surface area (Å²) in [4.78, 5) is 11.8. The summed E-state index contributed by atoms with van der Waals surface area (Å²) < 4.78 is 0. The number of rotatable bonds is 5. The number of aliphatic hydroxyl groups excluding tert-OH is 1. The van der Waals surface area contributed by atoms with Crippen molar-refractivity contribution < 1.29 is 9.90 Å². The molecular formula is C13H25NO2. The lowest BCUT2D eigenvalue weighted by atomic mass is 9.88. The van der Waals surface area contributed by atoms with Crippen molar-refractivity contribution in [3.63, 3.8) is 0 Å². The van der Waals surface area contributed by atoms with Crippen LogP contribution in [0.4, 0.5) is 0 Å². The quantitative estimate of drug-likeness (QED) is 0.755. The Hall–Kier alpha value is -0.570. The molecule has 3 heteroatoms. The Labute approximate surface area is 98.6 Å². The molecule has 94 valence electrons. The smallest absolute Gasteiger partial charge is 0.223 e. The van der Waals surface area contributed by atoms with Gasteiger partial charge in [0.15, 0.2) is 0 Å². The van der Waals surface area contributed by atoms with Gasteiger partial charge in [-0.05, 0) is 25.2 Å². The molecule has 1 rings (SSSR count). The fourth-order valence-corrected chi connectivity index (χ4v) is 2.36. The first kappa shape index (κ1) is 13.5. The maximum Gasteiger partial charge on any atom is 0.223 e. The molecule has 2 N–H and O–H groups in total. The van der Waals surface area contributed by atoms with Gasteiger partial charge in [0.2, 0.25) is 5.91 Å². The molecule has 0 aliphatic heterocycles. The largest absolute Gasteiger partial charge is 0.391 e. The molecule has 1 atom stereocenters. The zero-order chi connectivity index (χ0) is 12.0. The first-order valence-corrected chi connectivity index (χ1v) is 6.55. The third kappa shape index (κ3) is 4.97. The lowest BCUT2D eigenvalue weighted by molar-refractivity contribution is -0.126. The minimum Gasteiger partial charge on any atom is -0.391 e. The zero-order valence-electron chi connectivity index (χ0n) is 10.5. The standard InChI is InChI=1S/C13H25NO2/c1-10(2)8-12(15)9-14-13(16)11-6-4-3-5-7-11/h10-12,15H,3-9H2,1-2H3,(H,14,16). The van der Waals surface area contributed by atoms with Gasteiger partial charge < -0.3 is 10.4 Å². The summed E-state index contributed by atoms with van der Waals surface area (Å²) in [7, 11) is 0. The van der Waals surface area contributed by atoms with Crippen molar-refractivity contribution in [2.24, 2.45) is 11.8 Å². The monoisotopic (exact) mass is 227 g/mol. The number of amides is 1. The van der Waals surface area contributed by atoms with Gasteiger partial charge >= 0.3 is 0 Å². The van der Waals surface area contributed by atoms with E-state index < -0.39 is 6.10 Å². The molecule has 1 fully saturated rings. The molecule has 0 aromatic rings. The van der Waals surface area contributed by atoms with Crippen molar-refractivity contribution in [2.75, 3.05) is 6.54 Å². The number of hydrogen-bond donors (Lipinski definition) is 2. The summed E-state index contributed by atoms with van der Waals surface area (Å²) in [6.45, 7) is 4.56. The minimum atomic E-state index is -0.396. The third-order valence-corrected chi connectivity index (χ3v) is 3.23. The van der Waals surface area contributed by atoms with Gasteiger partial charge in [-0.25, -0.2) is 0 Å². The fourth-order valence-electron chi connectivity index (χ4n) is 2.36. The highest BCUT2D eigenvalue weighted by Crippen LogP contribution is 2.23. The van der Waals surface area contributed by atoms with Crippen molar-refractivity contribution in [1.29, 1.82) is 0 Å². The molecule has 0 aromatic heterocycles. The van der Waals surface area contributed by atoms with Crippen molar-refractivity contribution in [2.45, 2.75) is 58.5 Å². The van der Waals surface area contributed by atoms with Gasteiger partial charge in [0, 0.05) is 12.5 Å². The summed E-state index contributed by atoms with van der Waals surface area (Å²) in [6.07, 6.45) is 6.01. The molecule has 16 heavy (non-hydrogen) atoms. The minimum absolute atomic E-state index is 0.141. The van der Waals surface area contributed by atoms with Crippen LogP contribution in [0.3, 0.4) is 0 Å². The van der Waals surface area contributed by atoms with E-state index in [0.717, 1.165) is 19.3 Å². The van der Waals surface area contributed by atoms with Crippen LogP contribution in [0, 0.1) is 11.8 Å². The molecule has 0 heterocycles. The van der Waals surface area contributed by atoms with Crippen LogP contribution in [0.25, 0.3) is 0 Å². The highest BCUT2D eigenvalue weighted by molar-refractivity contribution is 5.78. The average Bonchev–Trinajstić information content (AvgIpc) is 2.26. The summed E-state index contributed by atoms with van der Waals surface area (Å²) in [5, 5.41) is 12.5. The summed E-state index contributed by atoms with van der Waals surface area (Å²) >= 11 is 0. The van der Waals surface area contributed by atoms with Crippen LogP contribution in [0.1, 0.15) is 52.4 Å². The Morgan fingerprint density at radius 1 is 1.31 bits per heavy atom. The van der Waals surface area contributed by atoms with E-state index in [9.17, 15) is 9.90 Å². The highest BCUT2D eigenvalue weighted by Gasteiger charge is 2.21. The van der Waals surface area contributed by atoms with Crippen LogP contribution >= 0.6 is 0 Å². The number of nitrogens with one attached hydrogen (secondary N) is 1. The van der Waals surface area contributed by atoms with Gasteiger partial charge in [0.05, 0.1) is 6.10 Å². The predicted molar refractivity (Wildman–Crippen MR) is 65.0 cm³/mol. The van der Waals surface area contributed by atoms with E-state index in [4.69, 9.17) is 0 Å². The average molecular weight is 227 g/mol. The van der Waals surface area contributed by atoms with Crippen LogP contribution < -0.4 is 5.32 Å². The van der Waals surface area contributed by atoms with Gasteiger partial charge in [-0.3, -0.25) is 4.79 Å². The first-order valence-electron chi connectivity index (χ1n) is 6.55. The summed E-state index contributed by atoms with van der Waals surface area (Å²) in [5.74, 6) is 0.809. The Morgan fingerprint density at radius 2 is 1.94 bits per heavy atom. The van der Waals surface area contributed by atoms with Crippen LogP contribution in [0.5, 0.6) is 0 Å². The molecule has 1 unspecified atom stereocenters. The predicted octanol–water partition coefficient (Wildman–Crippen LogP) is 2.09. The Bertz CT molecular complexity index is 210. The van der Waals surface area contributed by atoms with Crippen molar-refractivity contribution in [3.05, 3.63) is 0 Å². The molecule has 0 radical (unpaired) electrons. The molecule has 1 aliphatic rings. The Morgan fingerprint density at radius 3 is 2.50 bits per heavy atom. The van der Waals surface area contributed by atoms with Gasteiger partial charge in [0.1, 0.15) is 0 Å². The van der Waals surface area contributed by atoms with E-state index in [0.29, 0.717) is 12.5 Å². The lowest BCUT2D eigenvalue weighted by Gasteiger charge is -2.22. The molecule has 0 aromatic carbocycles. The van der Waals surface area contributed by atoms with Crippen LogP contribution in [0.15, 0.2) is 0 Å². The molecule has 1 saturated carbocycles. The highest BCUT2D eigenvalue weighted by atomic mass is 16.3. The second-order valence-electron chi connectivity index (χ2n) is 5.36. The Kier molecular flexibility index (Phi) is 5.81. The van der Waals surface area contributed by atoms with E-state index in [1.807, 2.05) is 0 Å². The van der Waals surface area contributed by atoms with E-state index >= 15 is 0 Å². The SMILES string of the molecule is CC(C)CC(O)CNC(=O)C1CCCCC1. The number of carbonyl (C=O) groups is 1. The number of aliphatic hydroxyl groups is 1. The number of carbonyl (C=O) groups excluding carboxylic acids is 1. The Balaban J connectivity index is 2.18. The normalized spacial score (nSPS) is 19.8. The molecule has 3 nitrogen and oxygen atoms in total. The van der Waals surface area contributed by atoms with Gasteiger partial charge in [-0.15, -0.1) is 0 Å². The van der Waals surface area contributed by atoms with E-state index in [-0.39, 0.29) is 11.8 Å². The van der Waals surface area contributed by atoms with Gasteiger partial charge in [-0.1, -0.05) is 33.1 Å². The van der Waals surface area contributed by atoms with Gasteiger partial charge in [-0.2, -0.15) is 0 Å². The number of hydrogen-bond acceptors (Lipinski definition) is 2. The molecule has 0 bridgehead atoms. The lowest BCUT2D eigenvalue weighted by Crippen LogP contribution is -2.37. The third-order valence-electron chi connectivity index (χ3n) is 3.23. The van der Waals surface area contributed by atoms with E-state index in [1.54, 1.807) is 0 Å². The maximum atomic E-state index is 11.8. The first-order chi connectivity index (χ1) is 7.59. The summed E-state index contributed by atoms with van der Waals surface area (Å²) in [5.41, 5.74) is 0. The second kappa shape index (κ2) is 6.89. The topological polar surface area (TPSA) is 49.3 Å². The zero-order valence-corrected chi connectivity index (χ0v) is 10.5. The molecule has 0 saturated heterocycles. The second-order valence-corrected chi connectivity index (χ2v) is 5.36. The van der Waals surface area contributed by atoms with Crippen LogP contribution in [-0.2, 0) is 4.79 Å². The maximum absolute atomic E-state index is 11.8. The molecule has 1 amide bonds. The van der Waals surface area contributed by atoms with Crippen LogP contribution in [-0.4, -0.2) is 23.7 Å². The summed E-state index contributed by atoms with van der Waals surface area (Å²) in [6, 6.07) is 0. The van der Waals surface area contributed by atoms with Crippen molar-refractivity contribution >= 4 is 5.91 Å². The van der Waals surface area contributed by atoms with Gasteiger partial charge in [0.25, 0.3) is 0 Å².